The molecule has 0 radical (unpaired) electrons. The Kier molecular flexibility index (Phi) is 5.63. The maximum Gasteiger partial charge on any atom is 0.319 e. The summed E-state index contributed by atoms with van der Waals surface area (Å²) in [5, 5.41) is 16.3. The molecule has 0 saturated carbocycles. The van der Waals surface area contributed by atoms with Crippen LogP contribution in [0.5, 0.6) is 0 Å². The lowest BCUT2D eigenvalue weighted by molar-refractivity contribution is -0.136. The van der Waals surface area contributed by atoms with Gasteiger partial charge in [-0.1, -0.05) is 22.9 Å². The van der Waals surface area contributed by atoms with Gasteiger partial charge in [0.15, 0.2) is 0 Å². The van der Waals surface area contributed by atoms with Gasteiger partial charge in [-0.25, -0.2) is 4.79 Å². The van der Waals surface area contributed by atoms with Gasteiger partial charge in [-0.3, -0.25) is 19.7 Å². The summed E-state index contributed by atoms with van der Waals surface area (Å²) in [7, 11) is 0. The molecule has 0 spiro atoms. The summed E-state index contributed by atoms with van der Waals surface area (Å²) >= 11 is 5.82. The first kappa shape index (κ1) is 20.5. The van der Waals surface area contributed by atoms with E-state index >= 15 is 0 Å². The van der Waals surface area contributed by atoms with E-state index in [0.29, 0.717) is 21.8 Å². The largest absolute Gasteiger partial charge is 0.334 e. The third-order valence-corrected chi connectivity index (χ3v) is 5.06. The molecule has 0 aliphatic carbocycles. The fourth-order valence-corrected chi connectivity index (χ4v) is 3.35. The van der Waals surface area contributed by atoms with E-state index in [1.807, 2.05) is 0 Å². The van der Waals surface area contributed by atoms with Crippen LogP contribution in [-0.4, -0.2) is 32.8 Å². The number of carbonyl (C=O) groups excluding carboxylic acids is 3. The van der Waals surface area contributed by atoms with E-state index < -0.39 is 23.5 Å². The number of hydrogen-bond acceptors (Lipinski definition) is 6. The molecule has 2 aromatic carbocycles. The van der Waals surface area contributed by atoms with E-state index in [1.54, 1.807) is 42.5 Å². The molecule has 1 aliphatic rings. The predicted molar refractivity (Wildman–Crippen MR) is 113 cm³/mol. The predicted octanol–water partition coefficient (Wildman–Crippen LogP) is 1.74. The number of aromatic nitrogens is 3. The molecule has 2 heterocycles. The van der Waals surface area contributed by atoms with Crippen molar-refractivity contribution in [2.24, 2.45) is 0 Å². The Bertz CT molecular complexity index is 1240. The topological polar surface area (TPSA) is 135 Å². The standard InChI is InChI=1S/C20H17ClN6O4/c21-12-2-4-13(5-3-12)23-20(31)22-10-11-1-6-15-14(9-11)19(30)27(26-25-15)16-7-8-17(28)24-18(16)29/h1-6,9,16H,7-8,10H2,(H2,22,23,31)(H,24,28,29). The first-order chi connectivity index (χ1) is 14.9. The molecule has 3 aromatic rings. The fraction of sp³-hybridized carbons (Fsp3) is 0.200. The van der Waals surface area contributed by atoms with Gasteiger partial charge < -0.3 is 10.6 Å². The molecule has 1 unspecified atom stereocenters. The summed E-state index contributed by atoms with van der Waals surface area (Å²) in [6.45, 7) is 0.162. The number of nitrogens with one attached hydrogen (secondary N) is 3. The summed E-state index contributed by atoms with van der Waals surface area (Å²) in [6, 6.07) is 10.3. The number of amides is 4. The Balaban J connectivity index is 1.50. The SMILES string of the molecule is O=C1CCC(n2nnc3ccc(CNC(=O)Nc4ccc(Cl)cc4)cc3c2=O)C(=O)N1. The summed E-state index contributed by atoms with van der Waals surface area (Å²) in [4.78, 5) is 48.4. The van der Waals surface area contributed by atoms with Gasteiger partial charge in [0.05, 0.1) is 5.39 Å². The van der Waals surface area contributed by atoms with E-state index in [2.05, 4.69) is 26.3 Å². The zero-order valence-corrected chi connectivity index (χ0v) is 16.8. The lowest BCUT2D eigenvalue weighted by Crippen LogP contribution is -2.45. The van der Waals surface area contributed by atoms with Gasteiger partial charge >= 0.3 is 6.03 Å². The molecule has 158 valence electrons. The van der Waals surface area contributed by atoms with Crippen molar-refractivity contribution in [3.8, 4) is 0 Å². The smallest absolute Gasteiger partial charge is 0.319 e. The molecule has 1 atom stereocenters. The van der Waals surface area contributed by atoms with Crippen LogP contribution in [0.25, 0.3) is 10.9 Å². The van der Waals surface area contributed by atoms with Crippen LogP contribution in [0.15, 0.2) is 47.3 Å². The minimum Gasteiger partial charge on any atom is -0.334 e. The molecule has 1 aliphatic heterocycles. The summed E-state index contributed by atoms with van der Waals surface area (Å²) in [5.74, 6) is -0.961. The second kappa shape index (κ2) is 8.52. The van der Waals surface area contributed by atoms with Crippen molar-refractivity contribution in [3.63, 3.8) is 0 Å². The molecular weight excluding hydrogens is 424 g/mol. The molecular formula is C20H17ClN6O4. The van der Waals surface area contributed by atoms with Crippen LogP contribution in [0.3, 0.4) is 0 Å². The average Bonchev–Trinajstić information content (AvgIpc) is 2.75. The third kappa shape index (κ3) is 4.53. The molecule has 10 nitrogen and oxygen atoms in total. The third-order valence-electron chi connectivity index (χ3n) is 4.81. The molecule has 31 heavy (non-hydrogen) atoms. The Morgan fingerprint density at radius 2 is 1.94 bits per heavy atom. The number of imide groups is 1. The average molecular weight is 441 g/mol. The van der Waals surface area contributed by atoms with Crippen LogP contribution in [0, 0.1) is 0 Å². The minimum atomic E-state index is -0.894. The summed E-state index contributed by atoms with van der Waals surface area (Å²) in [6.07, 6.45) is 0.298. The Hall–Kier alpha value is -3.79. The highest BCUT2D eigenvalue weighted by Crippen LogP contribution is 2.17. The number of anilines is 1. The van der Waals surface area contributed by atoms with E-state index in [1.165, 1.54) is 0 Å². The molecule has 0 bridgehead atoms. The number of rotatable bonds is 4. The van der Waals surface area contributed by atoms with Gasteiger partial charge in [0.1, 0.15) is 11.6 Å². The number of urea groups is 1. The Morgan fingerprint density at radius 3 is 2.68 bits per heavy atom. The first-order valence-electron chi connectivity index (χ1n) is 9.43. The lowest BCUT2D eigenvalue weighted by Gasteiger charge is -2.21. The van der Waals surface area contributed by atoms with Crippen molar-refractivity contribution < 1.29 is 14.4 Å². The lowest BCUT2D eigenvalue weighted by atomic mass is 10.1. The van der Waals surface area contributed by atoms with Crippen molar-refractivity contribution in [2.75, 3.05) is 5.32 Å². The van der Waals surface area contributed by atoms with Crippen LogP contribution in [-0.2, 0) is 16.1 Å². The Morgan fingerprint density at radius 1 is 1.16 bits per heavy atom. The van der Waals surface area contributed by atoms with Gasteiger partial charge in [-0.15, -0.1) is 5.10 Å². The Labute approximate surface area is 180 Å². The second-order valence-corrected chi connectivity index (χ2v) is 7.41. The first-order valence-corrected chi connectivity index (χ1v) is 9.81. The van der Waals surface area contributed by atoms with Gasteiger partial charge in [-0.2, -0.15) is 4.68 Å². The normalized spacial score (nSPS) is 16.1. The fourth-order valence-electron chi connectivity index (χ4n) is 3.22. The van der Waals surface area contributed by atoms with Crippen LogP contribution in [0.2, 0.25) is 5.02 Å². The zero-order chi connectivity index (χ0) is 22.0. The van der Waals surface area contributed by atoms with Crippen molar-refractivity contribution in [1.82, 2.24) is 25.6 Å². The highest BCUT2D eigenvalue weighted by molar-refractivity contribution is 6.30. The molecule has 3 N–H and O–H groups in total. The highest BCUT2D eigenvalue weighted by Gasteiger charge is 2.30. The number of benzene rings is 2. The van der Waals surface area contributed by atoms with Crippen LogP contribution < -0.4 is 21.5 Å². The summed E-state index contributed by atoms with van der Waals surface area (Å²) in [5.41, 5.74) is 1.12. The van der Waals surface area contributed by atoms with E-state index in [0.717, 1.165) is 4.68 Å². The number of piperidine rings is 1. The van der Waals surface area contributed by atoms with Crippen LogP contribution >= 0.6 is 11.6 Å². The van der Waals surface area contributed by atoms with Crippen molar-refractivity contribution in [2.45, 2.75) is 25.4 Å². The molecule has 1 saturated heterocycles. The monoisotopic (exact) mass is 440 g/mol. The molecule has 4 rings (SSSR count). The zero-order valence-electron chi connectivity index (χ0n) is 16.1. The molecule has 1 fully saturated rings. The summed E-state index contributed by atoms with van der Waals surface area (Å²) < 4.78 is 0.995. The highest BCUT2D eigenvalue weighted by atomic mass is 35.5. The van der Waals surface area contributed by atoms with E-state index in [-0.39, 0.29) is 30.7 Å². The van der Waals surface area contributed by atoms with Gasteiger partial charge in [0, 0.05) is 23.7 Å². The van der Waals surface area contributed by atoms with Crippen molar-refractivity contribution >= 4 is 46.0 Å². The van der Waals surface area contributed by atoms with E-state index in [9.17, 15) is 19.2 Å². The van der Waals surface area contributed by atoms with Crippen LogP contribution in [0.1, 0.15) is 24.4 Å². The van der Waals surface area contributed by atoms with Gasteiger partial charge in [0.2, 0.25) is 5.91 Å². The minimum absolute atomic E-state index is 0.120. The number of halogens is 1. The maximum atomic E-state index is 12.9. The quantitative estimate of drug-likeness (QED) is 0.529. The second-order valence-electron chi connectivity index (χ2n) is 6.97. The molecule has 4 amide bonds. The van der Waals surface area contributed by atoms with Crippen molar-refractivity contribution in [3.05, 3.63) is 63.4 Å². The van der Waals surface area contributed by atoms with Gasteiger partial charge in [0.25, 0.3) is 11.5 Å². The maximum absolute atomic E-state index is 12.9. The van der Waals surface area contributed by atoms with Gasteiger partial charge in [-0.05, 0) is 48.4 Å². The number of carbonyl (C=O) groups is 3. The molecule has 11 heteroatoms. The van der Waals surface area contributed by atoms with Crippen molar-refractivity contribution in [1.29, 1.82) is 0 Å². The number of nitrogens with zero attached hydrogens (tertiary/aromatic N) is 3. The number of fused-ring (bicyclic) bond motifs is 1. The molecule has 1 aromatic heterocycles. The van der Waals surface area contributed by atoms with E-state index in [4.69, 9.17) is 11.6 Å². The number of hydrogen-bond donors (Lipinski definition) is 3. The van der Waals surface area contributed by atoms with Crippen LogP contribution in [0.4, 0.5) is 10.5 Å².